The number of hydrogen-bond acceptors (Lipinski definition) is 3. The Kier molecular flexibility index (Phi) is 6.47. The summed E-state index contributed by atoms with van der Waals surface area (Å²) in [6, 6.07) is 6.99. The molecule has 2 aliphatic heterocycles. The molecule has 25 heavy (non-hydrogen) atoms. The minimum Gasteiger partial charge on any atom is -0.340 e. The van der Waals surface area contributed by atoms with Crippen molar-refractivity contribution in [2.24, 2.45) is 17.8 Å². The molecule has 0 aliphatic carbocycles. The first-order valence-corrected chi connectivity index (χ1v) is 8.82. The highest BCUT2D eigenvalue weighted by molar-refractivity contribution is 5.97. The second-order valence-electron chi connectivity index (χ2n) is 7.49. The Bertz CT molecular complexity index is 623. The Morgan fingerprint density at radius 1 is 1.20 bits per heavy atom. The monoisotopic (exact) mass is 365 g/mol. The number of rotatable bonds is 4. The topological polar surface area (TPSA) is 61.4 Å². The van der Waals surface area contributed by atoms with Crippen LogP contribution in [0.25, 0.3) is 0 Å². The van der Waals surface area contributed by atoms with Crippen molar-refractivity contribution in [2.75, 3.05) is 26.2 Å². The summed E-state index contributed by atoms with van der Waals surface area (Å²) in [6.07, 6.45) is 0. The van der Waals surface area contributed by atoms with E-state index < -0.39 is 6.04 Å². The van der Waals surface area contributed by atoms with E-state index in [0.717, 1.165) is 31.7 Å². The van der Waals surface area contributed by atoms with Gasteiger partial charge in [-0.05, 0) is 36.8 Å². The van der Waals surface area contributed by atoms with Gasteiger partial charge in [0.25, 0.3) is 5.91 Å². The van der Waals surface area contributed by atoms with Crippen LogP contribution in [0.2, 0.25) is 0 Å². The zero-order valence-corrected chi connectivity index (χ0v) is 15.9. The maximum absolute atomic E-state index is 12.9. The highest BCUT2D eigenvalue weighted by atomic mass is 35.5. The summed E-state index contributed by atoms with van der Waals surface area (Å²) in [5, 5.41) is 6.34. The van der Waals surface area contributed by atoms with Crippen molar-refractivity contribution in [3.05, 3.63) is 35.4 Å². The number of nitrogens with one attached hydrogen (secondary N) is 2. The molecule has 1 aromatic carbocycles. The Hall–Kier alpha value is -1.59. The third-order valence-corrected chi connectivity index (χ3v) is 5.20. The Labute approximate surface area is 155 Å². The van der Waals surface area contributed by atoms with Crippen LogP contribution in [0.5, 0.6) is 0 Å². The van der Waals surface area contributed by atoms with E-state index in [4.69, 9.17) is 0 Å². The summed E-state index contributed by atoms with van der Waals surface area (Å²) >= 11 is 0. The minimum atomic E-state index is -0.468. The summed E-state index contributed by atoms with van der Waals surface area (Å²) in [7, 11) is 0. The average Bonchev–Trinajstić information content (AvgIpc) is 3.13. The van der Waals surface area contributed by atoms with E-state index in [1.165, 1.54) is 0 Å². The van der Waals surface area contributed by atoms with Gasteiger partial charge in [0.1, 0.15) is 6.04 Å². The largest absolute Gasteiger partial charge is 0.340 e. The summed E-state index contributed by atoms with van der Waals surface area (Å²) in [5.74, 6) is 1.07. The molecule has 3 atom stereocenters. The van der Waals surface area contributed by atoms with E-state index in [-0.39, 0.29) is 30.1 Å². The number of amides is 2. The van der Waals surface area contributed by atoms with Gasteiger partial charge in [-0.25, -0.2) is 0 Å². The number of halogens is 1. The number of hydrogen-bond donors (Lipinski definition) is 2. The summed E-state index contributed by atoms with van der Waals surface area (Å²) in [4.78, 5) is 27.4. The van der Waals surface area contributed by atoms with Crippen LogP contribution in [0.1, 0.15) is 29.8 Å². The molecule has 2 heterocycles. The number of benzene rings is 1. The van der Waals surface area contributed by atoms with E-state index in [0.29, 0.717) is 17.4 Å². The van der Waals surface area contributed by atoms with Gasteiger partial charge < -0.3 is 15.5 Å². The van der Waals surface area contributed by atoms with Crippen LogP contribution in [-0.2, 0) is 4.79 Å². The van der Waals surface area contributed by atoms with Gasteiger partial charge in [-0.15, -0.1) is 12.4 Å². The standard InChI is InChI=1S/C19H27N3O2.ClH/c1-12(2)17(21-18(23)14-6-4-5-13(3)7-14)19(24)22-10-15-8-20-9-16(15)11-22;/h4-7,12,15-17,20H,8-11H2,1-3H3,(H,21,23);1H/t15-,16+,17?;. The van der Waals surface area contributed by atoms with Gasteiger partial charge in [0, 0.05) is 31.7 Å². The molecule has 0 aromatic heterocycles. The predicted octanol–water partition coefficient (Wildman–Crippen LogP) is 1.85. The highest BCUT2D eigenvalue weighted by Gasteiger charge is 2.40. The first-order valence-electron chi connectivity index (χ1n) is 8.82. The number of carbonyl (C=O) groups is 2. The second kappa shape index (κ2) is 8.19. The molecule has 138 valence electrons. The van der Waals surface area contributed by atoms with Crippen molar-refractivity contribution in [1.82, 2.24) is 15.5 Å². The zero-order chi connectivity index (χ0) is 17.3. The van der Waals surface area contributed by atoms with Crippen LogP contribution in [0, 0.1) is 24.7 Å². The molecule has 0 spiro atoms. The number of likely N-dealkylation sites (tertiary alicyclic amines) is 1. The molecular weight excluding hydrogens is 338 g/mol. The molecule has 5 nitrogen and oxygen atoms in total. The minimum absolute atomic E-state index is 0. The molecule has 2 aliphatic rings. The van der Waals surface area contributed by atoms with Gasteiger partial charge in [0.2, 0.25) is 5.91 Å². The first-order chi connectivity index (χ1) is 11.5. The van der Waals surface area contributed by atoms with Crippen molar-refractivity contribution in [1.29, 1.82) is 0 Å². The van der Waals surface area contributed by atoms with E-state index in [2.05, 4.69) is 10.6 Å². The number of nitrogens with zero attached hydrogens (tertiary/aromatic N) is 1. The highest BCUT2D eigenvalue weighted by Crippen LogP contribution is 2.27. The third-order valence-electron chi connectivity index (χ3n) is 5.20. The predicted molar refractivity (Wildman–Crippen MR) is 101 cm³/mol. The summed E-state index contributed by atoms with van der Waals surface area (Å²) in [5.41, 5.74) is 1.64. The van der Waals surface area contributed by atoms with Gasteiger partial charge in [-0.2, -0.15) is 0 Å². The zero-order valence-electron chi connectivity index (χ0n) is 15.1. The molecule has 1 aromatic rings. The van der Waals surface area contributed by atoms with Crippen molar-refractivity contribution < 1.29 is 9.59 Å². The van der Waals surface area contributed by atoms with Crippen molar-refractivity contribution >= 4 is 24.2 Å². The second-order valence-corrected chi connectivity index (χ2v) is 7.49. The molecule has 1 unspecified atom stereocenters. The van der Waals surface area contributed by atoms with Gasteiger partial charge in [-0.1, -0.05) is 31.5 Å². The van der Waals surface area contributed by atoms with Crippen LogP contribution in [0.3, 0.4) is 0 Å². The third kappa shape index (κ3) is 4.33. The van der Waals surface area contributed by atoms with Gasteiger partial charge in [0.15, 0.2) is 0 Å². The van der Waals surface area contributed by atoms with E-state index in [1.54, 1.807) is 6.07 Å². The molecule has 6 heteroatoms. The number of carbonyl (C=O) groups excluding carboxylic acids is 2. The van der Waals surface area contributed by atoms with Crippen molar-refractivity contribution in [2.45, 2.75) is 26.8 Å². The molecule has 2 amide bonds. The maximum atomic E-state index is 12.9. The lowest BCUT2D eigenvalue weighted by atomic mass is 10.0. The molecule has 2 N–H and O–H groups in total. The Morgan fingerprint density at radius 3 is 2.40 bits per heavy atom. The maximum Gasteiger partial charge on any atom is 0.251 e. The van der Waals surface area contributed by atoms with Crippen LogP contribution in [0.15, 0.2) is 24.3 Å². The lowest BCUT2D eigenvalue weighted by Gasteiger charge is -2.27. The summed E-state index contributed by atoms with van der Waals surface area (Å²) in [6.45, 7) is 9.53. The normalized spacial score (nSPS) is 23.1. The smallest absolute Gasteiger partial charge is 0.251 e. The van der Waals surface area contributed by atoms with Crippen molar-refractivity contribution in [3.8, 4) is 0 Å². The van der Waals surface area contributed by atoms with Crippen LogP contribution in [0.4, 0.5) is 0 Å². The van der Waals surface area contributed by atoms with E-state index in [9.17, 15) is 9.59 Å². The Balaban J connectivity index is 0.00000225. The van der Waals surface area contributed by atoms with Gasteiger partial charge >= 0.3 is 0 Å². The number of aryl methyl sites for hydroxylation is 1. The summed E-state index contributed by atoms with van der Waals surface area (Å²) < 4.78 is 0. The molecule has 0 radical (unpaired) electrons. The van der Waals surface area contributed by atoms with Gasteiger partial charge in [0.05, 0.1) is 0 Å². The van der Waals surface area contributed by atoms with Crippen molar-refractivity contribution in [3.63, 3.8) is 0 Å². The fourth-order valence-electron chi connectivity index (χ4n) is 3.76. The SMILES string of the molecule is Cc1cccc(C(=O)NC(C(=O)N2C[C@H]3CNC[C@H]3C2)C(C)C)c1.Cl. The van der Waals surface area contributed by atoms with Crippen LogP contribution in [-0.4, -0.2) is 48.9 Å². The molecule has 2 saturated heterocycles. The fraction of sp³-hybridized carbons (Fsp3) is 0.579. The van der Waals surface area contributed by atoms with Gasteiger partial charge in [-0.3, -0.25) is 9.59 Å². The lowest BCUT2D eigenvalue weighted by molar-refractivity contribution is -0.133. The van der Waals surface area contributed by atoms with Crippen LogP contribution < -0.4 is 10.6 Å². The van der Waals surface area contributed by atoms with E-state index >= 15 is 0 Å². The first kappa shape index (κ1) is 19.7. The quantitative estimate of drug-likeness (QED) is 0.856. The molecule has 0 bridgehead atoms. The Morgan fingerprint density at radius 2 is 1.84 bits per heavy atom. The molecule has 2 fully saturated rings. The molecule has 3 rings (SSSR count). The molecule has 0 saturated carbocycles. The van der Waals surface area contributed by atoms with E-state index in [1.807, 2.05) is 43.9 Å². The molecular formula is C19H28ClN3O2. The average molecular weight is 366 g/mol. The number of fused-ring (bicyclic) bond motifs is 1. The van der Waals surface area contributed by atoms with Crippen LogP contribution >= 0.6 is 12.4 Å². The lowest BCUT2D eigenvalue weighted by Crippen LogP contribution is -2.51. The fourth-order valence-corrected chi connectivity index (χ4v) is 3.76.